The van der Waals surface area contributed by atoms with Gasteiger partial charge in [-0.2, -0.15) is 4.31 Å². The highest BCUT2D eigenvalue weighted by molar-refractivity contribution is 7.89. The number of unbranched alkanes of at least 4 members (excludes halogenated alkanes) is 1. The standard InChI is InChI=1S/C18H28N4O4S/c1-14-6-7-16(15(2)13-14)27(25,26)22-11-9-21(10-12-22)17(23)5-3-4-8-20-18(19)24/h6-7,13H,3-5,8-12H2,1-2H3,(H3,19,20,24). The molecule has 0 unspecified atom stereocenters. The molecule has 0 spiro atoms. The molecule has 9 heteroatoms. The Morgan fingerprint density at radius 3 is 2.37 bits per heavy atom. The van der Waals surface area contributed by atoms with Crippen molar-refractivity contribution in [3.8, 4) is 0 Å². The van der Waals surface area contributed by atoms with Crippen LogP contribution in [-0.2, 0) is 14.8 Å². The first kappa shape index (κ1) is 21.2. The van der Waals surface area contributed by atoms with E-state index in [1.54, 1.807) is 24.0 Å². The zero-order valence-corrected chi connectivity index (χ0v) is 16.7. The molecular formula is C18H28N4O4S. The van der Waals surface area contributed by atoms with Gasteiger partial charge in [-0.1, -0.05) is 17.7 Å². The van der Waals surface area contributed by atoms with Crippen LogP contribution in [0.1, 0.15) is 30.4 Å². The molecule has 2 rings (SSSR count). The summed E-state index contributed by atoms with van der Waals surface area (Å²) in [5.74, 6) is 0.0117. The fourth-order valence-corrected chi connectivity index (χ4v) is 4.80. The van der Waals surface area contributed by atoms with Crippen molar-refractivity contribution in [2.24, 2.45) is 5.73 Å². The van der Waals surface area contributed by atoms with Gasteiger partial charge < -0.3 is 16.0 Å². The summed E-state index contributed by atoms with van der Waals surface area (Å²) in [7, 11) is -3.55. The Kier molecular flexibility index (Phi) is 7.20. The van der Waals surface area contributed by atoms with Crippen molar-refractivity contribution < 1.29 is 18.0 Å². The number of benzene rings is 1. The van der Waals surface area contributed by atoms with Crippen LogP contribution in [0.2, 0.25) is 0 Å². The third-order valence-electron chi connectivity index (χ3n) is 4.66. The molecule has 150 valence electrons. The smallest absolute Gasteiger partial charge is 0.312 e. The number of nitrogens with one attached hydrogen (secondary N) is 1. The van der Waals surface area contributed by atoms with E-state index in [1.807, 2.05) is 13.0 Å². The van der Waals surface area contributed by atoms with E-state index in [4.69, 9.17) is 5.73 Å². The number of hydrogen-bond acceptors (Lipinski definition) is 4. The highest BCUT2D eigenvalue weighted by atomic mass is 32.2. The zero-order chi connectivity index (χ0) is 20.0. The number of hydrogen-bond donors (Lipinski definition) is 2. The molecule has 0 aromatic heterocycles. The zero-order valence-electron chi connectivity index (χ0n) is 15.9. The van der Waals surface area contributed by atoms with Gasteiger partial charge in [0.25, 0.3) is 0 Å². The molecule has 27 heavy (non-hydrogen) atoms. The lowest BCUT2D eigenvalue weighted by atomic mass is 10.2. The quantitative estimate of drug-likeness (QED) is 0.669. The number of carbonyl (C=O) groups excluding carboxylic acids is 2. The first-order valence-electron chi connectivity index (χ1n) is 9.10. The maximum Gasteiger partial charge on any atom is 0.312 e. The van der Waals surface area contributed by atoms with Crippen LogP contribution in [0.5, 0.6) is 0 Å². The van der Waals surface area contributed by atoms with E-state index in [1.165, 1.54) is 4.31 Å². The largest absolute Gasteiger partial charge is 0.352 e. The van der Waals surface area contributed by atoms with Crippen LogP contribution in [0.25, 0.3) is 0 Å². The van der Waals surface area contributed by atoms with Crippen molar-refractivity contribution in [3.05, 3.63) is 29.3 Å². The Labute approximate surface area is 160 Å². The van der Waals surface area contributed by atoms with Gasteiger partial charge in [0.05, 0.1) is 4.90 Å². The number of piperazine rings is 1. The molecule has 0 saturated carbocycles. The van der Waals surface area contributed by atoms with Crippen molar-refractivity contribution >= 4 is 22.0 Å². The second-order valence-electron chi connectivity index (χ2n) is 6.80. The normalized spacial score (nSPS) is 15.6. The van der Waals surface area contributed by atoms with Gasteiger partial charge in [-0.3, -0.25) is 4.79 Å². The maximum absolute atomic E-state index is 12.9. The molecule has 1 saturated heterocycles. The van der Waals surface area contributed by atoms with Crippen LogP contribution in [-0.4, -0.2) is 62.3 Å². The van der Waals surface area contributed by atoms with E-state index in [2.05, 4.69) is 5.32 Å². The number of nitrogens with zero attached hydrogens (tertiary/aromatic N) is 2. The van der Waals surface area contributed by atoms with Gasteiger partial charge in [0.2, 0.25) is 15.9 Å². The molecule has 1 aliphatic rings. The second kappa shape index (κ2) is 9.18. The predicted octanol–water partition coefficient (Wildman–Crippen LogP) is 0.975. The molecule has 0 bridgehead atoms. The highest BCUT2D eigenvalue weighted by Gasteiger charge is 2.30. The van der Waals surface area contributed by atoms with Crippen molar-refractivity contribution in [1.29, 1.82) is 0 Å². The fourth-order valence-electron chi connectivity index (χ4n) is 3.18. The Hall–Kier alpha value is -2.13. The van der Waals surface area contributed by atoms with Crippen LogP contribution in [0.4, 0.5) is 4.79 Å². The molecule has 0 radical (unpaired) electrons. The summed E-state index contributed by atoms with van der Waals surface area (Å²) in [5.41, 5.74) is 6.73. The molecule has 1 aromatic carbocycles. The molecular weight excluding hydrogens is 368 g/mol. The number of primary amides is 1. The van der Waals surface area contributed by atoms with Crippen LogP contribution in [0.3, 0.4) is 0 Å². The number of carbonyl (C=O) groups is 2. The summed E-state index contributed by atoms with van der Waals surface area (Å²) in [5, 5.41) is 2.49. The van der Waals surface area contributed by atoms with Gasteiger partial charge in [0, 0.05) is 39.1 Å². The third-order valence-corrected chi connectivity index (χ3v) is 6.72. The molecule has 1 fully saturated rings. The fraction of sp³-hybridized carbons (Fsp3) is 0.556. The Morgan fingerprint density at radius 2 is 1.78 bits per heavy atom. The summed E-state index contributed by atoms with van der Waals surface area (Å²) in [6.07, 6.45) is 1.71. The summed E-state index contributed by atoms with van der Waals surface area (Å²) >= 11 is 0. The molecule has 1 aliphatic heterocycles. The van der Waals surface area contributed by atoms with E-state index in [9.17, 15) is 18.0 Å². The Morgan fingerprint density at radius 1 is 1.11 bits per heavy atom. The van der Waals surface area contributed by atoms with Crippen LogP contribution in [0.15, 0.2) is 23.1 Å². The van der Waals surface area contributed by atoms with Crippen LogP contribution < -0.4 is 11.1 Å². The van der Waals surface area contributed by atoms with Crippen molar-refractivity contribution in [2.45, 2.75) is 38.0 Å². The van der Waals surface area contributed by atoms with E-state index >= 15 is 0 Å². The third kappa shape index (κ3) is 5.67. The molecule has 1 heterocycles. The molecule has 0 aliphatic carbocycles. The lowest BCUT2D eigenvalue weighted by Gasteiger charge is -2.34. The number of amides is 3. The second-order valence-corrected chi connectivity index (χ2v) is 8.71. The van der Waals surface area contributed by atoms with E-state index < -0.39 is 16.1 Å². The summed E-state index contributed by atoms with van der Waals surface area (Å²) < 4.78 is 27.2. The summed E-state index contributed by atoms with van der Waals surface area (Å²) in [6, 6.07) is 4.74. The Bertz CT molecular complexity index is 787. The minimum atomic E-state index is -3.55. The minimum absolute atomic E-state index is 0.0117. The van der Waals surface area contributed by atoms with Crippen molar-refractivity contribution in [3.63, 3.8) is 0 Å². The SMILES string of the molecule is Cc1ccc(S(=O)(=O)N2CCN(C(=O)CCCCNC(N)=O)CC2)c(C)c1. The van der Waals surface area contributed by atoms with E-state index in [0.29, 0.717) is 56.9 Å². The van der Waals surface area contributed by atoms with Gasteiger partial charge in [-0.25, -0.2) is 13.2 Å². The number of aryl methyl sites for hydroxylation is 2. The molecule has 0 atom stereocenters. The van der Waals surface area contributed by atoms with Crippen molar-refractivity contribution in [1.82, 2.24) is 14.5 Å². The Balaban J connectivity index is 1.85. The number of sulfonamides is 1. The minimum Gasteiger partial charge on any atom is -0.352 e. The lowest BCUT2D eigenvalue weighted by Crippen LogP contribution is -2.50. The molecule has 8 nitrogen and oxygen atoms in total. The predicted molar refractivity (Wildman–Crippen MR) is 103 cm³/mol. The average Bonchev–Trinajstić information content (AvgIpc) is 2.60. The first-order valence-corrected chi connectivity index (χ1v) is 10.5. The highest BCUT2D eigenvalue weighted by Crippen LogP contribution is 2.22. The van der Waals surface area contributed by atoms with Crippen molar-refractivity contribution in [2.75, 3.05) is 32.7 Å². The van der Waals surface area contributed by atoms with Crippen LogP contribution >= 0.6 is 0 Å². The van der Waals surface area contributed by atoms with Gasteiger partial charge in [-0.15, -0.1) is 0 Å². The van der Waals surface area contributed by atoms with Gasteiger partial charge in [-0.05, 0) is 38.3 Å². The van der Waals surface area contributed by atoms with E-state index in [0.717, 1.165) is 11.1 Å². The molecule has 1 aromatic rings. The number of rotatable bonds is 7. The monoisotopic (exact) mass is 396 g/mol. The lowest BCUT2D eigenvalue weighted by molar-refractivity contribution is -0.132. The summed E-state index contributed by atoms with van der Waals surface area (Å²) in [4.78, 5) is 24.9. The van der Waals surface area contributed by atoms with Gasteiger partial charge in [0.1, 0.15) is 0 Å². The topological polar surface area (TPSA) is 113 Å². The average molecular weight is 397 g/mol. The van der Waals surface area contributed by atoms with Gasteiger partial charge in [0.15, 0.2) is 0 Å². The first-order chi connectivity index (χ1) is 12.7. The molecule has 3 amide bonds. The van der Waals surface area contributed by atoms with E-state index in [-0.39, 0.29) is 5.91 Å². The van der Waals surface area contributed by atoms with Gasteiger partial charge >= 0.3 is 6.03 Å². The molecule has 3 N–H and O–H groups in total. The number of nitrogens with two attached hydrogens (primary N) is 1. The van der Waals surface area contributed by atoms with Crippen LogP contribution in [0, 0.1) is 13.8 Å². The number of urea groups is 1. The maximum atomic E-state index is 12.9. The summed E-state index contributed by atoms with van der Waals surface area (Å²) in [6.45, 7) is 5.55.